The molecule has 0 aromatic heterocycles. The quantitative estimate of drug-likeness (QED) is 0.886. The van der Waals surface area contributed by atoms with E-state index in [1.807, 2.05) is 0 Å². The summed E-state index contributed by atoms with van der Waals surface area (Å²) in [6, 6.07) is 4.36. The van der Waals surface area contributed by atoms with Crippen molar-refractivity contribution in [2.24, 2.45) is 0 Å². The van der Waals surface area contributed by atoms with E-state index in [-0.39, 0.29) is 18.9 Å². The van der Waals surface area contributed by atoms with Crippen LogP contribution in [0.5, 0.6) is 0 Å². The van der Waals surface area contributed by atoms with Crippen molar-refractivity contribution in [1.82, 2.24) is 0 Å². The Balaban J connectivity index is 2.57. The van der Waals surface area contributed by atoms with Gasteiger partial charge < -0.3 is 10.4 Å². The van der Waals surface area contributed by atoms with Crippen LogP contribution in [0.25, 0.3) is 0 Å². The van der Waals surface area contributed by atoms with Crippen LogP contribution in [-0.2, 0) is 4.79 Å². The van der Waals surface area contributed by atoms with Gasteiger partial charge in [-0.1, -0.05) is 0 Å². The highest BCUT2D eigenvalue weighted by Crippen LogP contribution is 2.19. The summed E-state index contributed by atoms with van der Waals surface area (Å²) in [5.74, 6) is -0.652. The van der Waals surface area contributed by atoms with Crippen LogP contribution in [-0.4, -0.2) is 17.6 Å². The molecule has 5 heteroatoms. The van der Waals surface area contributed by atoms with E-state index in [2.05, 4.69) is 21.2 Å². The maximum absolute atomic E-state index is 13.0. The van der Waals surface area contributed by atoms with Gasteiger partial charge in [0.05, 0.1) is 4.47 Å². The number of rotatable bonds is 4. The number of hydrogen-bond acceptors (Lipinski definition) is 2. The first-order valence-corrected chi connectivity index (χ1v) is 5.28. The van der Waals surface area contributed by atoms with E-state index in [1.165, 1.54) is 12.1 Å². The van der Waals surface area contributed by atoms with Gasteiger partial charge >= 0.3 is 0 Å². The van der Waals surface area contributed by atoms with E-state index in [0.717, 1.165) is 0 Å². The molecule has 0 radical (unpaired) electrons. The molecule has 0 saturated carbocycles. The summed E-state index contributed by atoms with van der Waals surface area (Å²) in [5.41, 5.74) is 0.415. The molecule has 0 heterocycles. The third-order valence-electron chi connectivity index (χ3n) is 1.77. The summed E-state index contributed by atoms with van der Waals surface area (Å²) in [6.45, 7) is -0.0257. The van der Waals surface area contributed by atoms with Gasteiger partial charge in [0.15, 0.2) is 0 Å². The van der Waals surface area contributed by atoms with Crippen LogP contribution < -0.4 is 5.32 Å². The second-order valence-electron chi connectivity index (χ2n) is 3.00. The fourth-order valence-corrected chi connectivity index (χ4v) is 1.28. The number of benzene rings is 1. The summed E-state index contributed by atoms with van der Waals surface area (Å²) in [6.07, 6.45) is 0.638. The van der Waals surface area contributed by atoms with Gasteiger partial charge in [0.2, 0.25) is 5.91 Å². The molecule has 1 aromatic carbocycles. The first kappa shape index (κ1) is 12.1. The van der Waals surface area contributed by atoms with Gasteiger partial charge in [0, 0.05) is 18.7 Å². The second-order valence-corrected chi connectivity index (χ2v) is 3.86. The van der Waals surface area contributed by atoms with Gasteiger partial charge in [-0.2, -0.15) is 0 Å². The number of carbonyl (C=O) groups is 1. The Kier molecular flexibility index (Phi) is 4.71. The topological polar surface area (TPSA) is 49.3 Å². The summed E-state index contributed by atoms with van der Waals surface area (Å²) in [5, 5.41) is 11.0. The Morgan fingerprint density at radius 2 is 2.27 bits per heavy atom. The molecule has 0 bridgehead atoms. The Morgan fingerprint density at radius 3 is 2.87 bits per heavy atom. The highest BCUT2D eigenvalue weighted by molar-refractivity contribution is 9.10. The summed E-state index contributed by atoms with van der Waals surface area (Å²) < 4.78 is 13.4. The van der Waals surface area contributed by atoms with Gasteiger partial charge in [-0.15, -0.1) is 0 Å². The maximum atomic E-state index is 13.0. The standard InChI is InChI=1S/C10H11BrFNO2/c11-8-4-3-7(6-9(8)12)13-10(15)2-1-5-14/h3-4,6,14H,1-2,5H2,(H,13,15). The Morgan fingerprint density at radius 1 is 1.53 bits per heavy atom. The molecule has 1 amide bonds. The Bertz CT molecular complexity index is 357. The van der Waals surface area contributed by atoms with Gasteiger partial charge in [0.1, 0.15) is 5.82 Å². The smallest absolute Gasteiger partial charge is 0.224 e. The third-order valence-corrected chi connectivity index (χ3v) is 2.41. The predicted octanol–water partition coefficient (Wildman–Crippen LogP) is 2.30. The second kappa shape index (κ2) is 5.82. The van der Waals surface area contributed by atoms with Crippen molar-refractivity contribution in [2.75, 3.05) is 11.9 Å². The third kappa shape index (κ3) is 3.97. The lowest BCUT2D eigenvalue weighted by Crippen LogP contribution is -2.11. The molecule has 0 aliphatic rings. The predicted molar refractivity (Wildman–Crippen MR) is 59.0 cm³/mol. The van der Waals surface area contributed by atoms with Crippen molar-refractivity contribution in [2.45, 2.75) is 12.8 Å². The van der Waals surface area contributed by atoms with Crippen LogP contribution in [0.4, 0.5) is 10.1 Å². The normalized spacial score (nSPS) is 10.1. The van der Waals surface area contributed by atoms with Crippen LogP contribution in [0.2, 0.25) is 0 Å². The van der Waals surface area contributed by atoms with E-state index in [0.29, 0.717) is 16.6 Å². The molecule has 2 N–H and O–H groups in total. The van der Waals surface area contributed by atoms with E-state index in [1.54, 1.807) is 6.07 Å². The molecule has 1 rings (SSSR count). The number of amides is 1. The summed E-state index contributed by atoms with van der Waals surface area (Å²) >= 11 is 3.02. The van der Waals surface area contributed by atoms with Crippen LogP contribution in [0.15, 0.2) is 22.7 Å². The summed E-state index contributed by atoms with van der Waals surface area (Å²) in [4.78, 5) is 11.2. The first-order chi connectivity index (χ1) is 7.13. The van der Waals surface area contributed by atoms with E-state index in [4.69, 9.17) is 5.11 Å². The van der Waals surface area contributed by atoms with Crippen LogP contribution in [0, 0.1) is 5.82 Å². The molecule has 0 fully saturated rings. The lowest BCUT2D eigenvalue weighted by atomic mass is 10.2. The number of hydrogen-bond donors (Lipinski definition) is 2. The molecular weight excluding hydrogens is 265 g/mol. The van der Waals surface area contributed by atoms with Gasteiger partial charge in [0.25, 0.3) is 0 Å². The molecule has 0 aliphatic carbocycles. The average Bonchev–Trinajstić information content (AvgIpc) is 2.20. The fraction of sp³-hybridized carbons (Fsp3) is 0.300. The van der Waals surface area contributed by atoms with Crippen molar-refractivity contribution >= 4 is 27.5 Å². The molecule has 0 atom stereocenters. The van der Waals surface area contributed by atoms with Gasteiger partial charge in [-0.05, 0) is 40.5 Å². The molecule has 0 aliphatic heterocycles. The van der Waals surface area contributed by atoms with Gasteiger partial charge in [-0.3, -0.25) is 4.79 Å². The molecule has 0 spiro atoms. The molecule has 0 saturated heterocycles. The van der Waals surface area contributed by atoms with E-state index >= 15 is 0 Å². The first-order valence-electron chi connectivity index (χ1n) is 4.49. The Labute approximate surface area is 95.4 Å². The molecule has 82 valence electrons. The largest absolute Gasteiger partial charge is 0.396 e. The highest BCUT2D eigenvalue weighted by atomic mass is 79.9. The Hall–Kier alpha value is -0.940. The highest BCUT2D eigenvalue weighted by Gasteiger charge is 2.04. The van der Waals surface area contributed by atoms with Crippen molar-refractivity contribution < 1.29 is 14.3 Å². The minimum Gasteiger partial charge on any atom is -0.396 e. The van der Waals surface area contributed by atoms with E-state index in [9.17, 15) is 9.18 Å². The van der Waals surface area contributed by atoms with Gasteiger partial charge in [-0.25, -0.2) is 4.39 Å². The fourth-order valence-electron chi connectivity index (χ4n) is 1.04. The van der Waals surface area contributed by atoms with Crippen molar-refractivity contribution in [1.29, 1.82) is 0 Å². The van der Waals surface area contributed by atoms with Crippen LogP contribution >= 0.6 is 15.9 Å². The van der Waals surface area contributed by atoms with Crippen molar-refractivity contribution in [3.05, 3.63) is 28.5 Å². The number of aliphatic hydroxyl groups is 1. The molecule has 1 aromatic rings. The number of aliphatic hydroxyl groups excluding tert-OH is 1. The number of halogens is 2. The zero-order valence-corrected chi connectivity index (χ0v) is 9.55. The lowest BCUT2D eigenvalue weighted by Gasteiger charge is -2.05. The minimum absolute atomic E-state index is 0.0257. The van der Waals surface area contributed by atoms with Crippen molar-refractivity contribution in [3.8, 4) is 0 Å². The zero-order valence-electron chi connectivity index (χ0n) is 7.96. The molecule has 0 unspecified atom stereocenters. The number of anilines is 1. The average molecular weight is 276 g/mol. The minimum atomic E-state index is -0.421. The molecular formula is C10H11BrFNO2. The molecule has 3 nitrogen and oxygen atoms in total. The van der Waals surface area contributed by atoms with Crippen LogP contribution in [0.1, 0.15) is 12.8 Å². The number of nitrogens with one attached hydrogen (secondary N) is 1. The molecule has 15 heavy (non-hydrogen) atoms. The monoisotopic (exact) mass is 275 g/mol. The number of carbonyl (C=O) groups excluding carboxylic acids is 1. The SMILES string of the molecule is O=C(CCCO)Nc1ccc(Br)c(F)c1. The summed E-state index contributed by atoms with van der Waals surface area (Å²) in [7, 11) is 0. The maximum Gasteiger partial charge on any atom is 0.224 e. The lowest BCUT2D eigenvalue weighted by molar-refractivity contribution is -0.116. The zero-order chi connectivity index (χ0) is 11.3. The van der Waals surface area contributed by atoms with E-state index < -0.39 is 5.82 Å². The van der Waals surface area contributed by atoms with Crippen LogP contribution in [0.3, 0.4) is 0 Å². The van der Waals surface area contributed by atoms with Crippen molar-refractivity contribution in [3.63, 3.8) is 0 Å².